The number of hydrogen-bond donors (Lipinski definition) is 0. The Morgan fingerprint density at radius 1 is 0.611 bits per heavy atom. The molecule has 0 amide bonds. The molecule has 0 radical (unpaired) electrons. The van der Waals surface area contributed by atoms with Crippen molar-refractivity contribution in [3.63, 3.8) is 0 Å². The molecule has 1 unspecified atom stereocenters. The second-order valence-corrected chi connectivity index (χ2v) is 14.5. The second-order valence-electron chi connectivity index (χ2n) is 14.5. The van der Waals surface area contributed by atoms with Crippen molar-refractivity contribution in [2.45, 2.75) is 33.1 Å². The Labute approximate surface area is 313 Å². The lowest BCUT2D eigenvalue weighted by atomic mass is 9.81. The third-order valence-corrected chi connectivity index (χ3v) is 10.7. The number of rotatable bonds is 7. The van der Waals surface area contributed by atoms with Crippen molar-refractivity contribution in [2.24, 2.45) is 5.41 Å². The van der Waals surface area contributed by atoms with Gasteiger partial charge in [-0.3, -0.25) is 0 Å². The minimum Gasteiger partial charge on any atom is -0.456 e. The molecule has 9 aromatic rings. The monoisotopic (exact) mass is 699 g/mol. The Kier molecular flexibility index (Phi) is 7.62. The summed E-state index contributed by atoms with van der Waals surface area (Å²) in [6.45, 7) is 4.48. The van der Waals surface area contributed by atoms with Gasteiger partial charge in [-0.15, -0.1) is 0 Å². The first-order valence-electron chi connectivity index (χ1n) is 18.7. The maximum absolute atomic E-state index is 6.48. The van der Waals surface area contributed by atoms with Crippen LogP contribution >= 0.6 is 0 Å². The Morgan fingerprint density at radius 3 is 2.06 bits per heavy atom. The fraction of sp³-hybridized carbons (Fsp3) is 0.122. The highest BCUT2D eigenvalue weighted by Gasteiger charge is 2.23. The van der Waals surface area contributed by atoms with Crippen molar-refractivity contribution >= 4 is 60.2 Å². The normalized spacial score (nSPS) is 16.1. The quantitative estimate of drug-likeness (QED) is 0.155. The molecule has 54 heavy (non-hydrogen) atoms. The van der Waals surface area contributed by atoms with E-state index in [9.17, 15) is 0 Å². The first kappa shape index (κ1) is 32.1. The van der Waals surface area contributed by atoms with Crippen LogP contribution in [0, 0.1) is 5.41 Å². The summed E-state index contributed by atoms with van der Waals surface area (Å²) in [5.41, 5.74) is 8.38. The third-order valence-electron chi connectivity index (χ3n) is 10.7. The third kappa shape index (κ3) is 5.52. The topological polar surface area (TPSA) is 65.0 Å². The van der Waals surface area contributed by atoms with Gasteiger partial charge in [0.1, 0.15) is 22.3 Å². The molecule has 5 heteroatoms. The first-order chi connectivity index (χ1) is 26.5. The lowest BCUT2D eigenvalue weighted by Gasteiger charge is -2.24. The summed E-state index contributed by atoms with van der Waals surface area (Å²) in [6.07, 6.45) is 14.4. The molecule has 0 N–H and O–H groups in total. The zero-order valence-electron chi connectivity index (χ0n) is 30.2. The Hall–Kier alpha value is -6.59. The van der Waals surface area contributed by atoms with E-state index in [0.717, 1.165) is 91.0 Å². The van der Waals surface area contributed by atoms with Gasteiger partial charge < -0.3 is 8.83 Å². The average molecular weight is 700 g/mol. The van der Waals surface area contributed by atoms with Gasteiger partial charge in [0.25, 0.3) is 0 Å². The minimum absolute atomic E-state index is 0.0289. The van der Waals surface area contributed by atoms with E-state index in [2.05, 4.69) is 123 Å². The van der Waals surface area contributed by atoms with Gasteiger partial charge in [0.15, 0.2) is 17.5 Å². The van der Waals surface area contributed by atoms with Crippen LogP contribution in [-0.2, 0) is 0 Å². The molecule has 0 bridgehead atoms. The number of furan rings is 2. The number of fused-ring (bicyclic) bond motifs is 8. The molecule has 6 aromatic carbocycles. The predicted octanol–water partition coefficient (Wildman–Crippen LogP) is 13.5. The maximum Gasteiger partial charge on any atom is 0.164 e. The summed E-state index contributed by atoms with van der Waals surface area (Å²) in [4.78, 5) is 15.3. The lowest BCUT2D eigenvalue weighted by Crippen LogP contribution is -2.12. The van der Waals surface area contributed by atoms with E-state index < -0.39 is 0 Å². The van der Waals surface area contributed by atoms with Crippen LogP contribution < -0.4 is 0 Å². The largest absolute Gasteiger partial charge is 0.456 e. The Balaban J connectivity index is 1.11. The van der Waals surface area contributed by atoms with Gasteiger partial charge in [-0.2, -0.15) is 0 Å². The van der Waals surface area contributed by atoms with Crippen LogP contribution in [0.1, 0.15) is 38.9 Å². The number of benzene rings is 6. The van der Waals surface area contributed by atoms with Crippen molar-refractivity contribution in [3.05, 3.63) is 158 Å². The molecule has 0 fully saturated rings. The summed E-state index contributed by atoms with van der Waals surface area (Å²) in [6, 6.07) is 41.8. The van der Waals surface area contributed by atoms with E-state index in [1.807, 2.05) is 42.5 Å². The van der Waals surface area contributed by atoms with Gasteiger partial charge in [0.2, 0.25) is 0 Å². The molecular formula is C49H37N3O2. The molecule has 1 aliphatic rings. The Bertz CT molecular complexity index is 3000. The highest BCUT2D eigenvalue weighted by atomic mass is 16.3. The summed E-state index contributed by atoms with van der Waals surface area (Å²) >= 11 is 0. The first-order valence-corrected chi connectivity index (χ1v) is 18.7. The van der Waals surface area contributed by atoms with Crippen molar-refractivity contribution in [3.8, 4) is 33.9 Å². The highest BCUT2D eigenvalue weighted by Crippen LogP contribution is 2.41. The SMILES string of the molecule is CCC/C=C\C1(C)C=CC(c2nc(-c3ccccc3)nc(-c3cccc4oc5ccc(-c6ccc7oc8ccc9ccccc9c8c7c6)cc5c34)n2)=CC1. The maximum atomic E-state index is 6.48. The fourth-order valence-corrected chi connectivity index (χ4v) is 7.82. The summed E-state index contributed by atoms with van der Waals surface area (Å²) in [5.74, 6) is 1.91. The van der Waals surface area contributed by atoms with Crippen LogP contribution in [0.3, 0.4) is 0 Å². The van der Waals surface area contributed by atoms with Gasteiger partial charge >= 0.3 is 0 Å². The molecule has 1 aliphatic carbocycles. The van der Waals surface area contributed by atoms with E-state index in [1.54, 1.807) is 0 Å². The molecule has 0 saturated carbocycles. The van der Waals surface area contributed by atoms with Crippen LogP contribution in [0.4, 0.5) is 0 Å². The van der Waals surface area contributed by atoms with Crippen molar-refractivity contribution < 1.29 is 8.83 Å². The van der Waals surface area contributed by atoms with Gasteiger partial charge in [-0.05, 0) is 71.1 Å². The number of allylic oxidation sites excluding steroid dienone is 6. The molecule has 0 aliphatic heterocycles. The minimum atomic E-state index is -0.0289. The standard InChI is InChI=1S/C49H37N3O2/c1-3-4-10-26-49(2)27-24-33(25-28-49)47-50-46(32-13-6-5-7-14-32)51-48(52-47)37-16-11-17-42-45(37)39-30-35(20-22-41(39)53-42)34-19-21-40-38(29-34)44-36-15-9-8-12-31(36)18-23-43(44)54-40/h5-27,29-30H,3-4,28H2,1-2H3/b26-10-. The number of nitrogens with zero attached hydrogens (tertiary/aromatic N) is 3. The number of aromatic nitrogens is 3. The summed E-state index contributed by atoms with van der Waals surface area (Å²) < 4.78 is 12.8. The van der Waals surface area contributed by atoms with Crippen LogP contribution in [0.5, 0.6) is 0 Å². The van der Waals surface area contributed by atoms with Crippen LogP contribution in [0.2, 0.25) is 0 Å². The summed E-state index contributed by atoms with van der Waals surface area (Å²) in [5, 5.41) is 6.62. The highest BCUT2D eigenvalue weighted by molar-refractivity contribution is 6.19. The fourth-order valence-electron chi connectivity index (χ4n) is 7.82. The molecule has 1 atom stereocenters. The molecule has 260 valence electrons. The molecule has 10 rings (SSSR count). The molecule has 5 nitrogen and oxygen atoms in total. The lowest BCUT2D eigenvalue weighted by molar-refractivity contribution is 0.555. The van der Waals surface area contributed by atoms with Gasteiger partial charge in [0.05, 0.1) is 0 Å². The van der Waals surface area contributed by atoms with Gasteiger partial charge in [-0.25, -0.2) is 15.0 Å². The smallest absolute Gasteiger partial charge is 0.164 e. The van der Waals surface area contributed by atoms with E-state index in [0.29, 0.717) is 17.5 Å². The van der Waals surface area contributed by atoms with E-state index in [4.69, 9.17) is 23.8 Å². The van der Waals surface area contributed by atoms with E-state index in [1.165, 1.54) is 10.8 Å². The van der Waals surface area contributed by atoms with Crippen LogP contribution in [0.15, 0.2) is 161 Å². The molecule has 3 aromatic heterocycles. The van der Waals surface area contributed by atoms with E-state index in [-0.39, 0.29) is 5.41 Å². The van der Waals surface area contributed by atoms with Crippen LogP contribution in [0.25, 0.3) is 94.1 Å². The Morgan fingerprint density at radius 2 is 1.30 bits per heavy atom. The average Bonchev–Trinajstić information content (AvgIpc) is 3.79. The zero-order chi connectivity index (χ0) is 36.2. The van der Waals surface area contributed by atoms with E-state index >= 15 is 0 Å². The molecular weight excluding hydrogens is 663 g/mol. The second kappa shape index (κ2) is 12.8. The molecule has 0 saturated heterocycles. The number of unbranched alkanes of at least 4 members (excludes halogenated alkanes) is 1. The molecule has 3 heterocycles. The zero-order valence-corrected chi connectivity index (χ0v) is 30.2. The van der Waals surface area contributed by atoms with Gasteiger partial charge in [0, 0.05) is 43.7 Å². The number of hydrogen-bond acceptors (Lipinski definition) is 5. The van der Waals surface area contributed by atoms with Crippen molar-refractivity contribution in [1.82, 2.24) is 15.0 Å². The predicted molar refractivity (Wildman–Crippen MR) is 222 cm³/mol. The van der Waals surface area contributed by atoms with Crippen molar-refractivity contribution in [1.29, 1.82) is 0 Å². The van der Waals surface area contributed by atoms with Crippen molar-refractivity contribution in [2.75, 3.05) is 0 Å². The molecule has 0 spiro atoms. The van der Waals surface area contributed by atoms with Gasteiger partial charge in [-0.1, -0.05) is 136 Å². The van der Waals surface area contributed by atoms with Crippen LogP contribution in [-0.4, -0.2) is 15.0 Å². The summed E-state index contributed by atoms with van der Waals surface area (Å²) in [7, 11) is 0.